The van der Waals surface area contributed by atoms with Crippen molar-refractivity contribution in [3.63, 3.8) is 0 Å². The Balaban J connectivity index is 1.50. The number of amides is 1. The summed E-state index contributed by atoms with van der Waals surface area (Å²) in [7, 11) is 3.34. The van der Waals surface area contributed by atoms with Gasteiger partial charge in [-0.1, -0.05) is 37.3 Å². The van der Waals surface area contributed by atoms with E-state index in [9.17, 15) is 4.79 Å². The van der Waals surface area contributed by atoms with Crippen molar-refractivity contribution in [2.75, 3.05) is 46.9 Å². The number of rotatable bonds is 10. The van der Waals surface area contributed by atoms with E-state index < -0.39 is 0 Å². The van der Waals surface area contributed by atoms with Gasteiger partial charge in [-0.25, -0.2) is 0 Å². The quantitative estimate of drug-likeness (QED) is 0.435. The molecule has 1 fully saturated rings. The molecular weight excluding hydrogens is 442 g/mol. The van der Waals surface area contributed by atoms with Gasteiger partial charge in [0.25, 0.3) is 5.91 Å². The molecule has 2 aromatic carbocycles. The highest BCUT2D eigenvalue weighted by Gasteiger charge is 2.24. The highest BCUT2D eigenvalue weighted by atomic mass is 16.5. The van der Waals surface area contributed by atoms with Crippen LogP contribution in [0, 0.1) is 0 Å². The Labute approximate surface area is 207 Å². The number of benzene rings is 2. The number of nitrogens with zero attached hydrogens (tertiary/aromatic N) is 3. The molecule has 0 saturated carbocycles. The lowest BCUT2D eigenvalue weighted by atomic mass is 10.1. The molecule has 0 aliphatic carbocycles. The van der Waals surface area contributed by atoms with Gasteiger partial charge in [-0.2, -0.15) is 0 Å². The van der Waals surface area contributed by atoms with E-state index in [4.69, 9.17) is 13.9 Å². The monoisotopic (exact) mass is 477 g/mol. The molecule has 186 valence electrons. The summed E-state index contributed by atoms with van der Waals surface area (Å²) >= 11 is 0. The maximum Gasteiger partial charge on any atom is 0.289 e. The molecule has 35 heavy (non-hydrogen) atoms. The average molecular weight is 478 g/mol. The third-order valence-electron chi connectivity index (χ3n) is 6.49. The Morgan fingerprint density at radius 1 is 0.914 bits per heavy atom. The molecule has 0 unspecified atom stereocenters. The standard InChI is InChI=1S/C28H35N3O4/c1-4-29-14-16-31(17-15-29)28(32)27-13-11-25(35-27)21-30(19-22-8-6-5-7-9-22)20-23-18-24(33-2)10-12-26(23)34-3/h5-13,18H,4,14-17,19-21H2,1-3H3. The zero-order valence-electron chi connectivity index (χ0n) is 20.9. The van der Waals surface area contributed by atoms with E-state index in [-0.39, 0.29) is 5.91 Å². The Morgan fingerprint density at radius 3 is 2.37 bits per heavy atom. The summed E-state index contributed by atoms with van der Waals surface area (Å²) in [5.41, 5.74) is 2.23. The van der Waals surface area contributed by atoms with Gasteiger partial charge in [0.2, 0.25) is 0 Å². The van der Waals surface area contributed by atoms with Crippen LogP contribution in [0.4, 0.5) is 0 Å². The normalized spacial score (nSPS) is 14.3. The van der Waals surface area contributed by atoms with Crippen molar-refractivity contribution in [3.8, 4) is 11.5 Å². The van der Waals surface area contributed by atoms with Gasteiger partial charge in [-0.05, 0) is 42.4 Å². The van der Waals surface area contributed by atoms with Crippen molar-refractivity contribution in [1.82, 2.24) is 14.7 Å². The fourth-order valence-corrected chi connectivity index (χ4v) is 4.48. The van der Waals surface area contributed by atoms with E-state index in [0.29, 0.717) is 18.8 Å². The molecule has 7 nitrogen and oxygen atoms in total. The zero-order chi connectivity index (χ0) is 24.6. The highest BCUT2D eigenvalue weighted by Crippen LogP contribution is 2.27. The minimum Gasteiger partial charge on any atom is -0.497 e. The molecule has 1 aliphatic heterocycles. The second-order valence-corrected chi connectivity index (χ2v) is 8.80. The van der Waals surface area contributed by atoms with Gasteiger partial charge in [0.1, 0.15) is 17.3 Å². The van der Waals surface area contributed by atoms with E-state index in [1.165, 1.54) is 5.56 Å². The third kappa shape index (κ3) is 6.44. The van der Waals surface area contributed by atoms with Crippen LogP contribution in [-0.4, -0.2) is 67.6 Å². The number of hydrogen-bond donors (Lipinski definition) is 0. The third-order valence-corrected chi connectivity index (χ3v) is 6.49. The van der Waals surface area contributed by atoms with E-state index in [1.54, 1.807) is 20.3 Å². The smallest absolute Gasteiger partial charge is 0.289 e. The SMILES string of the molecule is CCN1CCN(C(=O)c2ccc(CN(Cc3ccccc3)Cc3cc(OC)ccc3OC)o2)CC1. The number of hydrogen-bond acceptors (Lipinski definition) is 6. The van der Waals surface area contributed by atoms with Crippen molar-refractivity contribution in [2.24, 2.45) is 0 Å². The first-order chi connectivity index (χ1) is 17.1. The number of piperazine rings is 1. The molecule has 0 N–H and O–H groups in total. The lowest BCUT2D eigenvalue weighted by Gasteiger charge is -2.33. The molecule has 7 heteroatoms. The van der Waals surface area contributed by atoms with Gasteiger partial charge in [-0.15, -0.1) is 0 Å². The molecule has 4 rings (SSSR count). The van der Waals surface area contributed by atoms with Gasteiger partial charge in [-0.3, -0.25) is 9.69 Å². The second kappa shape index (κ2) is 11.9. The fraction of sp³-hybridized carbons (Fsp3) is 0.393. The minimum atomic E-state index is -0.0314. The molecule has 1 amide bonds. The van der Waals surface area contributed by atoms with Gasteiger partial charge < -0.3 is 23.7 Å². The molecule has 1 aromatic heterocycles. The predicted octanol–water partition coefficient (Wildman–Crippen LogP) is 4.28. The topological polar surface area (TPSA) is 58.4 Å². The Morgan fingerprint density at radius 2 is 1.69 bits per heavy atom. The van der Waals surface area contributed by atoms with Crippen LogP contribution in [0.3, 0.4) is 0 Å². The number of methoxy groups -OCH3 is 2. The summed E-state index contributed by atoms with van der Waals surface area (Å²) in [5, 5.41) is 0. The maximum atomic E-state index is 13.0. The lowest BCUT2D eigenvalue weighted by molar-refractivity contribution is 0.0608. The zero-order valence-corrected chi connectivity index (χ0v) is 20.9. The Hall–Kier alpha value is -3.29. The van der Waals surface area contributed by atoms with Crippen LogP contribution >= 0.6 is 0 Å². The first-order valence-electron chi connectivity index (χ1n) is 12.2. The molecule has 1 saturated heterocycles. The van der Waals surface area contributed by atoms with Gasteiger partial charge in [0.05, 0.1) is 20.8 Å². The van der Waals surface area contributed by atoms with E-state index in [1.807, 2.05) is 47.4 Å². The van der Waals surface area contributed by atoms with E-state index >= 15 is 0 Å². The molecule has 0 radical (unpaired) electrons. The van der Waals surface area contributed by atoms with Crippen LogP contribution in [0.1, 0.15) is 34.4 Å². The summed E-state index contributed by atoms with van der Waals surface area (Å²) in [4.78, 5) is 19.5. The minimum absolute atomic E-state index is 0.0314. The summed E-state index contributed by atoms with van der Waals surface area (Å²) in [5.74, 6) is 2.73. The largest absolute Gasteiger partial charge is 0.497 e. The van der Waals surface area contributed by atoms with Crippen LogP contribution in [-0.2, 0) is 19.6 Å². The summed E-state index contributed by atoms with van der Waals surface area (Å²) < 4.78 is 17.1. The van der Waals surface area contributed by atoms with Crippen molar-refractivity contribution >= 4 is 5.91 Å². The summed E-state index contributed by atoms with van der Waals surface area (Å²) in [6.07, 6.45) is 0. The van der Waals surface area contributed by atoms with Crippen LogP contribution in [0.25, 0.3) is 0 Å². The molecule has 0 spiro atoms. The molecule has 2 heterocycles. The Bertz CT molecular complexity index is 1090. The molecule has 3 aromatic rings. The number of carbonyl (C=O) groups excluding carboxylic acids is 1. The number of ether oxygens (including phenoxy) is 2. The van der Waals surface area contributed by atoms with Crippen molar-refractivity contribution in [2.45, 2.75) is 26.6 Å². The first-order valence-corrected chi connectivity index (χ1v) is 12.2. The average Bonchev–Trinajstić information content (AvgIpc) is 3.37. The summed E-state index contributed by atoms with van der Waals surface area (Å²) in [6, 6.07) is 19.9. The molecule has 1 aliphatic rings. The highest BCUT2D eigenvalue weighted by molar-refractivity contribution is 5.91. The van der Waals surface area contributed by atoms with Gasteiger partial charge in [0.15, 0.2) is 5.76 Å². The summed E-state index contributed by atoms with van der Waals surface area (Å²) in [6.45, 7) is 8.37. The van der Waals surface area contributed by atoms with Gasteiger partial charge in [0, 0.05) is 44.8 Å². The first kappa shape index (κ1) is 24.8. The molecule has 0 atom stereocenters. The van der Waals surface area contributed by atoms with Crippen LogP contribution in [0.2, 0.25) is 0 Å². The fourth-order valence-electron chi connectivity index (χ4n) is 4.48. The van der Waals surface area contributed by atoms with E-state index in [2.05, 4.69) is 28.9 Å². The van der Waals surface area contributed by atoms with Crippen molar-refractivity contribution < 1.29 is 18.7 Å². The molecule has 0 bridgehead atoms. The Kier molecular flexibility index (Phi) is 8.45. The molecular formula is C28H35N3O4. The van der Waals surface area contributed by atoms with Crippen LogP contribution in [0.15, 0.2) is 65.1 Å². The second-order valence-electron chi connectivity index (χ2n) is 8.80. The number of carbonyl (C=O) groups is 1. The van der Waals surface area contributed by atoms with Crippen LogP contribution < -0.4 is 9.47 Å². The maximum absolute atomic E-state index is 13.0. The van der Waals surface area contributed by atoms with Crippen LogP contribution in [0.5, 0.6) is 11.5 Å². The van der Waals surface area contributed by atoms with E-state index in [0.717, 1.165) is 62.1 Å². The lowest BCUT2D eigenvalue weighted by Crippen LogP contribution is -2.48. The van der Waals surface area contributed by atoms with Crippen molar-refractivity contribution in [3.05, 3.63) is 83.3 Å². The van der Waals surface area contributed by atoms with Gasteiger partial charge >= 0.3 is 0 Å². The number of furan rings is 1. The number of likely N-dealkylation sites (N-methyl/N-ethyl adjacent to an activating group) is 1. The van der Waals surface area contributed by atoms with Crippen molar-refractivity contribution in [1.29, 1.82) is 0 Å². The predicted molar refractivity (Wildman–Crippen MR) is 136 cm³/mol.